The maximum atomic E-state index is 12.6. The summed E-state index contributed by atoms with van der Waals surface area (Å²) in [5.74, 6) is -0.222. The number of nitrogens with zero attached hydrogens (tertiary/aromatic N) is 2. The number of amides is 1. The fraction of sp³-hybridized carbons (Fsp3) is 0.464. The number of aromatic nitrogens is 1. The molecule has 4 N–H and O–H groups in total. The Bertz CT molecular complexity index is 1180. The average molecular weight is 511 g/mol. The zero-order chi connectivity index (χ0) is 26.5. The molecule has 8 heteroatoms. The van der Waals surface area contributed by atoms with Crippen molar-refractivity contribution in [3.63, 3.8) is 0 Å². The van der Waals surface area contributed by atoms with Crippen LogP contribution in [0.25, 0.3) is 5.70 Å². The number of H-pyrrole nitrogens is 1. The molecule has 2 heterocycles. The van der Waals surface area contributed by atoms with Crippen LogP contribution in [0.3, 0.4) is 0 Å². The molecule has 0 spiro atoms. The van der Waals surface area contributed by atoms with E-state index in [4.69, 9.17) is 4.99 Å². The minimum Gasteiger partial charge on any atom is -0.396 e. The lowest BCUT2D eigenvalue weighted by molar-refractivity contribution is -0.124. The van der Waals surface area contributed by atoms with Gasteiger partial charge in [0.15, 0.2) is 0 Å². The largest absolute Gasteiger partial charge is 0.396 e. The minimum absolute atomic E-state index is 0.0358. The van der Waals surface area contributed by atoms with Crippen LogP contribution in [0.2, 0.25) is 0 Å². The molecule has 1 unspecified atom stereocenters. The highest BCUT2D eigenvalue weighted by Crippen LogP contribution is 2.41. The van der Waals surface area contributed by atoms with Gasteiger partial charge in [0.25, 0.3) is 0 Å². The van der Waals surface area contributed by atoms with Crippen molar-refractivity contribution >= 4 is 40.6 Å². The van der Waals surface area contributed by atoms with Gasteiger partial charge in [0.05, 0.1) is 28.8 Å². The zero-order valence-electron chi connectivity index (χ0n) is 21.9. The van der Waals surface area contributed by atoms with E-state index in [0.29, 0.717) is 18.0 Å². The van der Waals surface area contributed by atoms with Crippen LogP contribution in [0.4, 0.5) is 5.69 Å². The number of aliphatic imine (C=N–C) groups is 2. The third kappa shape index (κ3) is 7.59. The second-order valence-electron chi connectivity index (χ2n) is 10.3. The molecule has 1 aliphatic rings. The number of carbonyl (C=O) groups excluding carboxylic acids is 1. The summed E-state index contributed by atoms with van der Waals surface area (Å²) in [6, 6.07) is 5.83. The second-order valence-corrected chi connectivity index (χ2v) is 11.4. The number of thiophene rings is 1. The number of aryl methyl sites for hydroxylation is 1. The molecular weight excluding hydrogens is 472 g/mol. The topological polar surface area (TPSA) is 110 Å². The van der Waals surface area contributed by atoms with E-state index in [1.165, 1.54) is 29.9 Å². The fourth-order valence-corrected chi connectivity index (χ4v) is 4.75. The summed E-state index contributed by atoms with van der Waals surface area (Å²) in [5.41, 5.74) is 4.99. The standard InChI is InChI=1S/C28H38N4O3S/c1-17(30-23-14-24(20-9-10-20)31-18(23)2)21(8-7-13-33)15-29-19(3)25-11-12-26(36-25)22(16-34)27(35)32-28(4,5)6/h8,11-12,14-15,20,22,31,33-34H,3,7,9-10,13,16H2,1-2,4-6H3,(H,32,35)/b21-8+,29-15?,30-17?. The van der Waals surface area contributed by atoms with Gasteiger partial charge in [-0.3, -0.25) is 14.8 Å². The van der Waals surface area contributed by atoms with Crippen LogP contribution in [0.15, 0.2) is 46.4 Å². The molecule has 0 radical (unpaired) electrons. The van der Waals surface area contributed by atoms with E-state index < -0.39 is 5.92 Å². The Kier molecular flexibility index (Phi) is 9.22. The third-order valence-corrected chi connectivity index (χ3v) is 7.08. The van der Waals surface area contributed by atoms with Crippen molar-refractivity contribution in [2.24, 2.45) is 9.98 Å². The number of nitrogens with one attached hydrogen (secondary N) is 2. The second kappa shape index (κ2) is 12.0. The Labute approximate surface area is 217 Å². The van der Waals surface area contributed by atoms with Crippen molar-refractivity contribution in [3.05, 3.63) is 57.6 Å². The van der Waals surface area contributed by atoms with Crippen molar-refractivity contribution in [3.8, 4) is 0 Å². The van der Waals surface area contributed by atoms with Gasteiger partial charge in [-0.2, -0.15) is 0 Å². The summed E-state index contributed by atoms with van der Waals surface area (Å²) in [5, 5.41) is 22.1. The molecule has 2 aromatic rings. The Morgan fingerprint density at radius 1 is 1.33 bits per heavy atom. The molecule has 1 fully saturated rings. The number of hydrogen-bond acceptors (Lipinski definition) is 6. The molecule has 1 aliphatic carbocycles. The summed E-state index contributed by atoms with van der Waals surface area (Å²) < 4.78 is 0. The fourth-order valence-electron chi connectivity index (χ4n) is 3.73. The first-order valence-electron chi connectivity index (χ1n) is 12.3. The van der Waals surface area contributed by atoms with Gasteiger partial charge < -0.3 is 20.5 Å². The monoisotopic (exact) mass is 510 g/mol. The summed E-state index contributed by atoms with van der Waals surface area (Å²) >= 11 is 1.39. The van der Waals surface area contributed by atoms with Gasteiger partial charge >= 0.3 is 0 Å². The summed E-state index contributed by atoms with van der Waals surface area (Å²) in [7, 11) is 0. The maximum Gasteiger partial charge on any atom is 0.231 e. The molecule has 0 bridgehead atoms. The van der Waals surface area contributed by atoms with E-state index in [1.54, 1.807) is 6.21 Å². The molecule has 194 valence electrons. The lowest BCUT2D eigenvalue weighted by Gasteiger charge is -2.23. The van der Waals surface area contributed by atoms with Crippen molar-refractivity contribution in [1.29, 1.82) is 0 Å². The number of aliphatic hydroxyl groups excluding tert-OH is 2. The maximum absolute atomic E-state index is 12.6. The van der Waals surface area contributed by atoms with Crippen LogP contribution < -0.4 is 5.32 Å². The van der Waals surface area contributed by atoms with E-state index in [1.807, 2.05) is 52.8 Å². The van der Waals surface area contributed by atoms with Crippen LogP contribution >= 0.6 is 11.3 Å². The minimum atomic E-state index is -0.640. The number of hydrogen-bond donors (Lipinski definition) is 4. The lowest BCUT2D eigenvalue weighted by atomic mass is 10.0. The summed E-state index contributed by atoms with van der Waals surface area (Å²) in [6.45, 7) is 13.5. The molecule has 1 saturated carbocycles. The van der Waals surface area contributed by atoms with Gasteiger partial charge in [0, 0.05) is 45.9 Å². The summed E-state index contributed by atoms with van der Waals surface area (Å²) in [6.07, 6.45) is 6.57. The Morgan fingerprint density at radius 2 is 2.06 bits per heavy atom. The normalized spacial score (nSPS) is 16.0. The zero-order valence-corrected chi connectivity index (χ0v) is 22.7. The van der Waals surface area contributed by atoms with E-state index in [2.05, 4.69) is 27.9 Å². The molecule has 0 aliphatic heterocycles. The molecule has 3 rings (SSSR count). The molecule has 0 saturated heterocycles. The number of carbonyl (C=O) groups is 1. The first-order valence-corrected chi connectivity index (χ1v) is 13.2. The Morgan fingerprint density at radius 3 is 2.67 bits per heavy atom. The Balaban J connectivity index is 1.76. The molecule has 7 nitrogen and oxygen atoms in total. The van der Waals surface area contributed by atoms with E-state index in [-0.39, 0.29) is 24.7 Å². The quantitative estimate of drug-likeness (QED) is 0.304. The highest BCUT2D eigenvalue weighted by molar-refractivity contribution is 7.13. The van der Waals surface area contributed by atoms with Gasteiger partial charge in [-0.05, 0) is 78.0 Å². The van der Waals surface area contributed by atoms with Crippen molar-refractivity contribution in [2.75, 3.05) is 13.2 Å². The van der Waals surface area contributed by atoms with Crippen LogP contribution in [0.1, 0.15) is 79.9 Å². The van der Waals surface area contributed by atoms with Crippen molar-refractivity contribution in [2.45, 2.75) is 71.3 Å². The van der Waals surface area contributed by atoms with Crippen LogP contribution in [0, 0.1) is 6.92 Å². The first-order chi connectivity index (χ1) is 17.0. The number of aromatic amines is 1. The van der Waals surface area contributed by atoms with E-state index in [0.717, 1.165) is 32.4 Å². The summed E-state index contributed by atoms with van der Waals surface area (Å²) in [4.78, 5) is 27.0. The predicted octanol–water partition coefficient (Wildman–Crippen LogP) is 5.40. The Hall–Kier alpha value is -2.81. The first kappa shape index (κ1) is 27.8. The van der Waals surface area contributed by atoms with Crippen LogP contribution in [-0.2, 0) is 4.79 Å². The predicted molar refractivity (Wildman–Crippen MR) is 150 cm³/mol. The number of rotatable bonds is 11. The number of allylic oxidation sites excluding steroid dienone is 1. The molecular formula is C28H38N4O3S. The van der Waals surface area contributed by atoms with Crippen molar-refractivity contribution < 1.29 is 15.0 Å². The molecule has 1 atom stereocenters. The van der Waals surface area contributed by atoms with Gasteiger partial charge in [-0.15, -0.1) is 11.3 Å². The highest BCUT2D eigenvalue weighted by Gasteiger charge is 2.26. The van der Waals surface area contributed by atoms with Crippen molar-refractivity contribution in [1.82, 2.24) is 10.3 Å². The third-order valence-electron chi connectivity index (χ3n) is 5.84. The van der Waals surface area contributed by atoms with Gasteiger partial charge in [-0.1, -0.05) is 12.7 Å². The lowest BCUT2D eigenvalue weighted by Crippen LogP contribution is -2.43. The van der Waals surface area contributed by atoms with E-state index >= 15 is 0 Å². The highest BCUT2D eigenvalue weighted by atomic mass is 32.1. The van der Waals surface area contributed by atoms with Crippen LogP contribution in [0.5, 0.6) is 0 Å². The SMILES string of the molecule is C=C(N=C/C(=C\CCO)C(C)=Nc1cc(C2CC2)[nH]c1C)c1ccc(C(CO)C(=O)NC(C)(C)C)s1. The molecule has 2 aromatic heterocycles. The van der Waals surface area contributed by atoms with Gasteiger partial charge in [-0.25, -0.2) is 0 Å². The van der Waals surface area contributed by atoms with E-state index in [9.17, 15) is 15.0 Å². The van der Waals surface area contributed by atoms with Gasteiger partial charge in [0.1, 0.15) is 0 Å². The number of aliphatic hydroxyl groups is 2. The average Bonchev–Trinajstić information content (AvgIpc) is 3.43. The molecule has 0 aromatic carbocycles. The molecule has 36 heavy (non-hydrogen) atoms. The van der Waals surface area contributed by atoms with Crippen LogP contribution in [-0.4, -0.2) is 51.8 Å². The van der Waals surface area contributed by atoms with Gasteiger partial charge in [0.2, 0.25) is 5.91 Å². The smallest absolute Gasteiger partial charge is 0.231 e. The molecule has 1 amide bonds.